The van der Waals surface area contributed by atoms with E-state index in [1.54, 1.807) is 12.1 Å². The van der Waals surface area contributed by atoms with E-state index in [1.165, 1.54) is 0 Å². The molecule has 4 heteroatoms. The van der Waals surface area contributed by atoms with E-state index in [9.17, 15) is 4.79 Å². The molecular weight excluding hydrogens is 192 g/mol. The molecule has 4 N–H and O–H groups in total. The molecule has 0 aromatic heterocycles. The van der Waals surface area contributed by atoms with E-state index >= 15 is 0 Å². The van der Waals surface area contributed by atoms with Crippen molar-refractivity contribution in [2.75, 3.05) is 0 Å². The molecule has 78 valence electrons. The molecule has 1 aliphatic rings. The maximum Gasteiger partial charge on any atom is 0.307 e. The fourth-order valence-electron chi connectivity index (χ4n) is 1.77. The molecule has 2 rings (SSSR count). The van der Waals surface area contributed by atoms with Crippen LogP contribution < -0.4 is 5.73 Å². The maximum absolute atomic E-state index is 10.7. The van der Waals surface area contributed by atoms with Crippen LogP contribution in [0, 0.1) is 11.3 Å². The highest BCUT2D eigenvalue weighted by Crippen LogP contribution is 2.47. The Kier molecular flexibility index (Phi) is 2.19. The molecule has 0 unspecified atom stereocenters. The van der Waals surface area contributed by atoms with Gasteiger partial charge in [-0.15, -0.1) is 0 Å². The quantitative estimate of drug-likeness (QED) is 0.510. The lowest BCUT2D eigenvalue weighted by atomic mass is 10.1. The van der Waals surface area contributed by atoms with Gasteiger partial charge < -0.3 is 10.8 Å². The maximum atomic E-state index is 10.7. The SMILES string of the molecule is N=C(N)c1cccc([C@H]2C[C@@H]2C(=O)O)c1. The summed E-state index contributed by atoms with van der Waals surface area (Å²) in [5, 5.41) is 16.1. The number of carboxylic acids is 1. The van der Waals surface area contributed by atoms with Crippen molar-refractivity contribution in [3.8, 4) is 0 Å². The number of rotatable bonds is 3. The van der Waals surface area contributed by atoms with E-state index < -0.39 is 5.97 Å². The van der Waals surface area contributed by atoms with Crippen molar-refractivity contribution in [3.63, 3.8) is 0 Å². The molecule has 1 aromatic rings. The van der Waals surface area contributed by atoms with Crippen LogP contribution in [0.1, 0.15) is 23.5 Å². The molecule has 0 amide bonds. The molecule has 0 saturated heterocycles. The van der Waals surface area contributed by atoms with Crippen LogP contribution in [0.25, 0.3) is 0 Å². The van der Waals surface area contributed by atoms with Gasteiger partial charge in [-0.25, -0.2) is 0 Å². The number of hydrogen-bond acceptors (Lipinski definition) is 2. The summed E-state index contributed by atoms with van der Waals surface area (Å²) in [5.41, 5.74) is 6.99. The number of amidine groups is 1. The van der Waals surface area contributed by atoms with Crippen LogP contribution in [0.3, 0.4) is 0 Å². The Morgan fingerprint density at radius 1 is 1.53 bits per heavy atom. The summed E-state index contributed by atoms with van der Waals surface area (Å²) in [4.78, 5) is 10.7. The lowest BCUT2D eigenvalue weighted by Crippen LogP contribution is -2.11. The fourth-order valence-corrected chi connectivity index (χ4v) is 1.77. The van der Waals surface area contributed by atoms with Crippen LogP contribution in [0.15, 0.2) is 24.3 Å². The Morgan fingerprint density at radius 2 is 2.27 bits per heavy atom. The molecule has 15 heavy (non-hydrogen) atoms. The second kappa shape index (κ2) is 3.38. The van der Waals surface area contributed by atoms with E-state index in [4.69, 9.17) is 16.2 Å². The molecule has 1 fully saturated rings. The van der Waals surface area contributed by atoms with Gasteiger partial charge in [0.05, 0.1) is 5.92 Å². The first-order valence-corrected chi connectivity index (χ1v) is 4.76. The van der Waals surface area contributed by atoms with Gasteiger partial charge in [0.25, 0.3) is 0 Å². The van der Waals surface area contributed by atoms with Crippen LogP contribution in [-0.2, 0) is 4.79 Å². The van der Waals surface area contributed by atoms with Gasteiger partial charge in [0, 0.05) is 5.56 Å². The van der Waals surface area contributed by atoms with E-state index in [2.05, 4.69) is 0 Å². The van der Waals surface area contributed by atoms with E-state index in [-0.39, 0.29) is 17.7 Å². The highest BCUT2D eigenvalue weighted by atomic mass is 16.4. The molecule has 1 aromatic carbocycles. The van der Waals surface area contributed by atoms with Crippen LogP contribution in [-0.4, -0.2) is 16.9 Å². The Balaban J connectivity index is 2.20. The van der Waals surface area contributed by atoms with Gasteiger partial charge in [-0.05, 0) is 24.0 Å². The second-order valence-electron chi connectivity index (χ2n) is 3.83. The van der Waals surface area contributed by atoms with Gasteiger partial charge in [-0.3, -0.25) is 10.2 Å². The Bertz CT molecular complexity index is 428. The number of nitrogens with two attached hydrogens (primary N) is 1. The zero-order valence-corrected chi connectivity index (χ0v) is 8.10. The topological polar surface area (TPSA) is 87.2 Å². The van der Waals surface area contributed by atoms with Crippen molar-refractivity contribution in [3.05, 3.63) is 35.4 Å². The number of nitrogens with one attached hydrogen (secondary N) is 1. The number of nitrogen functional groups attached to an aromatic ring is 1. The summed E-state index contributed by atoms with van der Waals surface area (Å²) in [6, 6.07) is 7.25. The van der Waals surface area contributed by atoms with Crippen molar-refractivity contribution in [1.29, 1.82) is 5.41 Å². The average Bonchev–Trinajstić information content (AvgIpc) is 2.97. The summed E-state index contributed by atoms with van der Waals surface area (Å²) in [5.74, 6) is -0.883. The molecule has 0 heterocycles. The van der Waals surface area contributed by atoms with Gasteiger partial charge in [0.1, 0.15) is 5.84 Å². The largest absolute Gasteiger partial charge is 0.481 e. The number of carbonyl (C=O) groups is 1. The molecule has 0 aliphatic heterocycles. The van der Waals surface area contributed by atoms with E-state index in [0.717, 1.165) is 5.56 Å². The molecule has 1 aliphatic carbocycles. The number of aliphatic carboxylic acids is 1. The molecular formula is C11H12N2O2. The molecule has 0 bridgehead atoms. The third-order valence-corrected chi connectivity index (χ3v) is 2.73. The van der Waals surface area contributed by atoms with E-state index in [0.29, 0.717) is 12.0 Å². The Labute approximate surface area is 87.2 Å². The lowest BCUT2D eigenvalue weighted by Gasteiger charge is -2.02. The van der Waals surface area contributed by atoms with Crippen LogP contribution in [0.2, 0.25) is 0 Å². The minimum absolute atomic E-state index is 0.0179. The highest BCUT2D eigenvalue weighted by molar-refractivity contribution is 5.95. The predicted molar refractivity (Wildman–Crippen MR) is 55.9 cm³/mol. The van der Waals surface area contributed by atoms with Gasteiger partial charge >= 0.3 is 5.97 Å². The minimum Gasteiger partial charge on any atom is -0.481 e. The molecule has 0 spiro atoms. The highest BCUT2D eigenvalue weighted by Gasteiger charge is 2.44. The Hall–Kier alpha value is -1.84. The monoisotopic (exact) mass is 204 g/mol. The summed E-state index contributed by atoms with van der Waals surface area (Å²) < 4.78 is 0. The van der Waals surface area contributed by atoms with Gasteiger partial charge in [0.15, 0.2) is 0 Å². The van der Waals surface area contributed by atoms with Gasteiger partial charge in [-0.2, -0.15) is 0 Å². The molecule has 1 saturated carbocycles. The summed E-state index contributed by atoms with van der Waals surface area (Å²) >= 11 is 0. The summed E-state index contributed by atoms with van der Waals surface area (Å²) in [6.07, 6.45) is 0.691. The van der Waals surface area contributed by atoms with Crippen LogP contribution in [0.4, 0.5) is 0 Å². The predicted octanol–water partition coefficient (Wildman–Crippen LogP) is 1.16. The minimum atomic E-state index is -0.742. The lowest BCUT2D eigenvalue weighted by molar-refractivity contribution is -0.138. The van der Waals surface area contributed by atoms with Crippen LogP contribution in [0.5, 0.6) is 0 Å². The second-order valence-corrected chi connectivity index (χ2v) is 3.83. The van der Waals surface area contributed by atoms with Crippen molar-refractivity contribution in [1.82, 2.24) is 0 Å². The number of benzene rings is 1. The zero-order valence-electron chi connectivity index (χ0n) is 8.10. The molecule has 0 radical (unpaired) electrons. The Morgan fingerprint density at radius 3 is 2.80 bits per heavy atom. The number of carboxylic acid groups (broad SMARTS) is 1. The van der Waals surface area contributed by atoms with Gasteiger partial charge in [-0.1, -0.05) is 18.2 Å². The molecule has 4 nitrogen and oxygen atoms in total. The third-order valence-electron chi connectivity index (χ3n) is 2.73. The first-order valence-electron chi connectivity index (χ1n) is 4.76. The van der Waals surface area contributed by atoms with Crippen molar-refractivity contribution in [2.24, 2.45) is 11.7 Å². The summed E-state index contributed by atoms with van der Waals surface area (Å²) in [7, 11) is 0. The van der Waals surface area contributed by atoms with Crippen molar-refractivity contribution >= 4 is 11.8 Å². The average molecular weight is 204 g/mol. The third kappa shape index (κ3) is 1.83. The first kappa shape index (κ1) is 9.71. The van der Waals surface area contributed by atoms with Gasteiger partial charge in [0.2, 0.25) is 0 Å². The normalized spacial score (nSPS) is 23.5. The molecule has 2 atom stereocenters. The first-order chi connectivity index (χ1) is 7.09. The zero-order chi connectivity index (χ0) is 11.0. The fraction of sp³-hybridized carbons (Fsp3) is 0.273. The smallest absolute Gasteiger partial charge is 0.307 e. The number of hydrogen-bond donors (Lipinski definition) is 3. The van der Waals surface area contributed by atoms with E-state index in [1.807, 2.05) is 12.1 Å². The van der Waals surface area contributed by atoms with Crippen molar-refractivity contribution in [2.45, 2.75) is 12.3 Å². The van der Waals surface area contributed by atoms with Crippen molar-refractivity contribution < 1.29 is 9.90 Å². The summed E-state index contributed by atoms with van der Waals surface area (Å²) in [6.45, 7) is 0. The standard InChI is InChI=1S/C11H12N2O2/c12-10(13)7-3-1-2-6(4-7)8-5-9(8)11(14)15/h1-4,8-9H,5H2,(H3,12,13)(H,14,15)/t8-,9+/m1/s1. The van der Waals surface area contributed by atoms with Crippen LogP contribution >= 0.6 is 0 Å².